The van der Waals surface area contributed by atoms with Gasteiger partial charge in [-0.25, -0.2) is 9.50 Å². The van der Waals surface area contributed by atoms with Crippen molar-refractivity contribution in [2.45, 2.75) is 4.90 Å². The third-order valence-corrected chi connectivity index (χ3v) is 5.49. The number of fused-ring (bicyclic) bond motifs is 2. The Morgan fingerprint density at radius 2 is 1.83 bits per heavy atom. The van der Waals surface area contributed by atoms with Gasteiger partial charge < -0.3 is 9.47 Å². The number of thiol groups is 1. The topological polar surface area (TPSA) is 66.5 Å². The first-order valence-corrected chi connectivity index (χ1v) is 9.76. The molecule has 0 fully saturated rings. The number of aryl methyl sites for hydroxylation is 1. The first-order chi connectivity index (χ1) is 14.6. The summed E-state index contributed by atoms with van der Waals surface area (Å²) in [6, 6.07) is 13.9. The SMILES string of the molecule is COc1cc(-c2ccnc3cc(-c4ccc5c(cnn5C)c4)nn23)cc(S)c1OC. The minimum atomic E-state index is 0.598. The molecule has 7 nitrogen and oxygen atoms in total. The highest BCUT2D eigenvalue weighted by Gasteiger charge is 2.15. The largest absolute Gasteiger partial charge is 0.493 e. The molecule has 0 aliphatic carbocycles. The molecule has 2 aromatic carbocycles. The second-order valence-corrected chi connectivity index (χ2v) is 7.38. The summed E-state index contributed by atoms with van der Waals surface area (Å²) in [4.78, 5) is 5.17. The number of rotatable bonds is 4. The maximum absolute atomic E-state index is 5.48. The Balaban J connectivity index is 1.66. The summed E-state index contributed by atoms with van der Waals surface area (Å²) >= 11 is 4.56. The highest BCUT2D eigenvalue weighted by Crippen LogP contribution is 2.38. The molecular weight excluding hydrogens is 398 g/mol. The van der Waals surface area contributed by atoms with E-state index in [-0.39, 0.29) is 0 Å². The quantitative estimate of drug-likeness (QED) is 0.443. The lowest BCUT2D eigenvalue weighted by Crippen LogP contribution is -1.98. The number of nitrogens with zero attached hydrogens (tertiary/aromatic N) is 5. The van der Waals surface area contributed by atoms with E-state index < -0.39 is 0 Å². The Morgan fingerprint density at radius 1 is 0.967 bits per heavy atom. The Hall–Kier alpha value is -3.52. The van der Waals surface area contributed by atoms with E-state index in [1.807, 2.05) is 52.8 Å². The Kier molecular flexibility index (Phi) is 4.36. The van der Waals surface area contributed by atoms with Crippen molar-refractivity contribution < 1.29 is 9.47 Å². The smallest absolute Gasteiger partial charge is 0.174 e. The number of hydrogen-bond acceptors (Lipinski definition) is 6. The molecule has 5 rings (SSSR count). The monoisotopic (exact) mass is 417 g/mol. The Labute approximate surface area is 178 Å². The number of hydrogen-bond donors (Lipinski definition) is 1. The van der Waals surface area contributed by atoms with Crippen LogP contribution in [0.25, 0.3) is 39.1 Å². The van der Waals surface area contributed by atoms with Gasteiger partial charge in [-0.1, -0.05) is 6.07 Å². The third kappa shape index (κ3) is 2.88. The van der Waals surface area contributed by atoms with Crippen LogP contribution in [0.2, 0.25) is 0 Å². The lowest BCUT2D eigenvalue weighted by Gasteiger charge is -2.13. The van der Waals surface area contributed by atoms with Crippen molar-refractivity contribution in [3.8, 4) is 34.0 Å². The zero-order valence-electron chi connectivity index (χ0n) is 16.7. The summed E-state index contributed by atoms with van der Waals surface area (Å²) in [5.74, 6) is 1.21. The summed E-state index contributed by atoms with van der Waals surface area (Å²) < 4.78 is 14.6. The molecule has 0 unspecified atom stereocenters. The molecule has 0 aliphatic rings. The van der Waals surface area contributed by atoms with Gasteiger partial charge in [0.1, 0.15) is 0 Å². The van der Waals surface area contributed by atoms with E-state index in [0.29, 0.717) is 16.4 Å². The van der Waals surface area contributed by atoms with Crippen molar-refractivity contribution in [1.29, 1.82) is 0 Å². The van der Waals surface area contributed by atoms with Crippen molar-refractivity contribution in [1.82, 2.24) is 24.4 Å². The zero-order chi connectivity index (χ0) is 20.8. The second kappa shape index (κ2) is 7.07. The van der Waals surface area contributed by atoms with Gasteiger partial charge in [0.15, 0.2) is 17.1 Å². The molecule has 0 radical (unpaired) electrons. The van der Waals surface area contributed by atoms with Crippen molar-refractivity contribution >= 4 is 29.2 Å². The van der Waals surface area contributed by atoms with E-state index in [1.54, 1.807) is 20.4 Å². The van der Waals surface area contributed by atoms with Crippen molar-refractivity contribution in [3.63, 3.8) is 0 Å². The van der Waals surface area contributed by atoms with Crippen molar-refractivity contribution in [2.75, 3.05) is 14.2 Å². The van der Waals surface area contributed by atoms with Crippen molar-refractivity contribution in [3.05, 3.63) is 54.9 Å². The van der Waals surface area contributed by atoms with Gasteiger partial charge >= 0.3 is 0 Å². The van der Waals surface area contributed by atoms with Crippen LogP contribution in [-0.2, 0) is 7.05 Å². The van der Waals surface area contributed by atoms with Gasteiger partial charge in [-0.3, -0.25) is 4.68 Å². The zero-order valence-corrected chi connectivity index (χ0v) is 17.6. The van der Waals surface area contributed by atoms with Crippen LogP contribution in [0.5, 0.6) is 11.5 Å². The van der Waals surface area contributed by atoms with Crippen LogP contribution >= 0.6 is 12.6 Å². The molecule has 3 heterocycles. The third-order valence-electron chi connectivity index (χ3n) is 5.15. The van der Waals surface area contributed by atoms with E-state index in [4.69, 9.17) is 14.6 Å². The minimum absolute atomic E-state index is 0.598. The Bertz CT molecular complexity index is 1410. The normalized spacial score (nSPS) is 11.3. The van der Waals surface area contributed by atoms with Gasteiger partial charge in [0.2, 0.25) is 0 Å². The predicted octanol–water partition coefficient (Wildman–Crippen LogP) is 4.26. The van der Waals surface area contributed by atoms with Crippen LogP contribution in [0.4, 0.5) is 0 Å². The first kappa shape index (κ1) is 18.5. The Morgan fingerprint density at radius 3 is 2.63 bits per heavy atom. The number of methoxy groups -OCH3 is 2. The molecule has 8 heteroatoms. The van der Waals surface area contributed by atoms with Crippen LogP contribution in [0.1, 0.15) is 0 Å². The van der Waals surface area contributed by atoms with E-state index in [0.717, 1.165) is 39.1 Å². The molecule has 150 valence electrons. The molecule has 0 spiro atoms. The number of benzene rings is 2. The van der Waals surface area contributed by atoms with Gasteiger partial charge in [0.25, 0.3) is 0 Å². The maximum Gasteiger partial charge on any atom is 0.174 e. The standard InChI is InChI=1S/C22H19N5O2S/c1-26-17-5-4-13(8-15(17)12-24-26)16-11-21-23-7-6-18(27(21)25-16)14-9-19(28-2)22(29-3)20(30)10-14/h4-12,30H,1-3H3. The second-order valence-electron chi connectivity index (χ2n) is 6.90. The average Bonchev–Trinajstić information content (AvgIpc) is 3.36. The van der Waals surface area contributed by atoms with E-state index in [2.05, 4.69) is 34.8 Å². The highest BCUT2D eigenvalue weighted by atomic mass is 32.1. The molecule has 0 N–H and O–H groups in total. The fraction of sp³-hybridized carbons (Fsp3) is 0.136. The van der Waals surface area contributed by atoms with E-state index in [1.165, 1.54) is 0 Å². The predicted molar refractivity (Wildman–Crippen MR) is 118 cm³/mol. The highest BCUT2D eigenvalue weighted by molar-refractivity contribution is 7.80. The van der Waals surface area contributed by atoms with E-state index >= 15 is 0 Å². The molecule has 0 saturated heterocycles. The molecule has 0 atom stereocenters. The fourth-order valence-electron chi connectivity index (χ4n) is 3.67. The number of aromatic nitrogens is 5. The molecule has 30 heavy (non-hydrogen) atoms. The molecule has 0 bridgehead atoms. The first-order valence-electron chi connectivity index (χ1n) is 9.31. The minimum Gasteiger partial charge on any atom is -0.493 e. The van der Waals surface area contributed by atoms with Crippen LogP contribution in [-0.4, -0.2) is 38.6 Å². The summed E-state index contributed by atoms with van der Waals surface area (Å²) in [5.41, 5.74) is 5.46. The van der Waals surface area contributed by atoms with Gasteiger partial charge in [-0.05, 0) is 30.3 Å². The molecular formula is C22H19N5O2S. The maximum atomic E-state index is 5.48. The van der Waals surface area contributed by atoms with Crippen LogP contribution in [0.15, 0.2) is 59.8 Å². The summed E-state index contributed by atoms with van der Waals surface area (Å²) in [6.45, 7) is 0. The fourth-order valence-corrected chi connectivity index (χ4v) is 4.01. The number of ether oxygens (including phenoxy) is 2. The van der Waals surface area contributed by atoms with E-state index in [9.17, 15) is 0 Å². The van der Waals surface area contributed by atoms with Gasteiger partial charge in [-0.15, -0.1) is 12.6 Å². The average molecular weight is 417 g/mol. The lowest BCUT2D eigenvalue weighted by atomic mass is 10.1. The van der Waals surface area contributed by atoms with Gasteiger partial charge in [0.05, 0.1) is 42.2 Å². The molecule has 5 aromatic rings. The summed E-state index contributed by atoms with van der Waals surface area (Å²) in [6.07, 6.45) is 3.63. The summed E-state index contributed by atoms with van der Waals surface area (Å²) in [5, 5.41) is 10.2. The molecule has 0 saturated carbocycles. The van der Waals surface area contributed by atoms with Crippen LogP contribution < -0.4 is 9.47 Å². The van der Waals surface area contributed by atoms with Gasteiger partial charge in [0, 0.05) is 35.8 Å². The molecule has 3 aromatic heterocycles. The molecule has 0 aliphatic heterocycles. The van der Waals surface area contributed by atoms with Gasteiger partial charge in [-0.2, -0.15) is 10.2 Å². The summed E-state index contributed by atoms with van der Waals surface area (Å²) in [7, 11) is 5.14. The molecule has 0 amide bonds. The van der Waals surface area contributed by atoms with Crippen molar-refractivity contribution in [2.24, 2.45) is 7.05 Å². The van der Waals surface area contributed by atoms with Crippen LogP contribution in [0, 0.1) is 0 Å². The lowest BCUT2D eigenvalue weighted by molar-refractivity contribution is 0.348. The van der Waals surface area contributed by atoms with Crippen LogP contribution in [0.3, 0.4) is 0 Å².